The van der Waals surface area contributed by atoms with Crippen molar-refractivity contribution in [1.82, 2.24) is 10.2 Å². The fraction of sp³-hybridized carbons (Fsp3) is 0.452. The summed E-state index contributed by atoms with van der Waals surface area (Å²) in [6.07, 6.45) is 9.56. The number of Topliss-reactive ketones (excluding diaryl/α,β-unsaturated/α-hetero) is 1. The molecule has 3 atom stereocenters. The van der Waals surface area contributed by atoms with Crippen molar-refractivity contribution in [3.8, 4) is 10.4 Å². The van der Waals surface area contributed by atoms with E-state index >= 15 is 0 Å². The van der Waals surface area contributed by atoms with Gasteiger partial charge in [0, 0.05) is 90.1 Å². The molecule has 2 aromatic carbocycles. The predicted molar refractivity (Wildman–Crippen MR) is 208 cm³/mol. The summed E-state index contributed by atoms with van der Waals surface area (Å²) in [5.41, 5.74) is 12.4. The van der Waals surface area contributed by atoms with Crippen LogP contribution < -0.4 is 21.3 Å². The van der Waals surface area contributed by atoms with Crippen molar-refractivity contribution < 1.29 is 23.9 Å². The van der Waals surface area contributed by atoms with Crippen LogP contribution in [0.5, 0.6) is 0 Å². The van der Waals surface area contributed by atoms with Gasteiger partial charge in [-0.3, -0.25) is 19.8 Å². The monoisotopic (exact) mass is 735 g/mol. The van der Waals surface area contributed by atoms with Crippen LogP contribution in [0.15, 0.2) is 78.0 Å². The van der Waals surface area contributed by atoms with Gasteiger partial charge in [0.25, 0.3) is 5.91 Å². The molecule has 11 heteroatoms. The number of ether oxygens (including phenoxy) is 2. The van der Waals surface area contributed by atoms with Crippen LogP contribution in [-0.2, 0) is 20.7 Å². The molecule has 3 saturated heterocycles. The molecule has 5 heterocycles. The van der Waals surface area contributed by atoms with E-state index in [0.29, 0.717) is 36.1 Å². The minimum absolute atomic E-state index is 0.0169. The average Bonchev–Trinajstić information content (AvgIpc) is 3.81. The third kappa shape index (κ3) is 7.58. The predicted octanol–water partition coefficient (Wildman–Crippen LogP) is 6.98. The zero-order chi connectivity index (χ0) is 36.7. The summed E-state index contributed by atoms with van der Waals surface area (Å²) in [7, 11) is 0. The van der Waals surface area contributed by atoms with Crippen molar-refractivity contribution >= 4 is 39.8 Å². The Morgan fingerprint density at radius 1 is 1.09 bits per heavy atom. The van der Waals surface area contributed by atoms with E-state index in [2.05, 4.69) is 22.5 Å². The van der Waals surface area contributed by atoms with Gasteiger partial charge in [-0.2, -0.15) is 0 Å². The van der Waals surface area contributed by atoms with Gasteiger partial charge in [0.15, 0.2) is 5.78 Å². The summed E-state index contributed by atoms with van der Waals surface area (Å²) in [6, 6.07) is 17.9. The van der Waals surface area contributed by atoms with Crippen molar-refractivity contribution in [3.05, 3.63) is 94.7 Å². The fourth-order valence-electron chi connectivity index (χ4n) is 8.22. The van der Waals surface area contributed by atoms with Crippen LogP contribution >= 0.6 is 11.3 Å². The number of carbonyl (C=O) groups excluding carboxylic acids is 3. The van der Waals surface area contributed by atoms with Crippen molar-refractivity contribution in [1.29, 1.82) is 0 Å². The number of nitrogens with one attached hydrogen (secondary N) is 2. The Morgan fingerprint density at radius 2 is 1.85 bits per heavy atom. The molecule has 4 N–H and O–H groups in total. The number of thiophene rings is 1. The van der Waals surface area contributed by atoms with E-state index in [-0.39, 0.29) is 35.9 Å². The first-order valence-electron chi connectivity index (χ1n) is 19.0. The SMILES string of the molecule is C/C(N)=C/C=C(/C(=O)CC1NC1c1ccc(C(=O)N2CCc3cc(NC(=O)OC4CCC4)sc3-c3ccccc32)cc1)C(C)N1CC2(CCOCC2)C1. The first-order chi connectivity index (χ1) is 25.7. The second-order valence-electron chi connectivity index (χ2n) is 15.5. The number of nitrogens with zero attached hydrogens (tertiary/aromatic N) is 2. The van der Waals surface area contributed by atoms with Crippen LogP contribution in [0.4, 0.5) is 15.5 Å². The third-order valence-electron chi connectivity index (χ3n) is 11.7. The van der Waals surface area contributed by atoms with Crippen molar-refractivity contribution in [2.75, 3.05) is 43.1 Å². The minimum atomic E-state index is -0.406. The van der Waals surface area contributed by atoms with Crippen LogP contribution in [0, 0.1) is 5.41 Å². The number of amides is 2. The van der Waals surface area contributed by atoms with Gasteiger partial charge in [-0.05, 0) is 93.8 Å². The summed E-state index contributed by atoms with van der Waals surface area (Å²) in [4.78, 5) is 45.6. The molecule has 10 nitrogen and oxygen atoms in total. The molecular weight excluding hydrogens is 687 g/mol. The van der Waals surface area contributed by atoms with Gasteiger partial charge in [0.2, 0.25) is 0 Å². The summed E-state index contributed by atoms with van der Waals surface area (Å²) in [5.74, 6) is 0.0807. The fourth-order valence-corrected chi connectivity index (χ4v) is 9.35. The number of nitrogens with two attached hydrogens (primary N) is 1. The summed E-state index contributed by atoms with van der Waals surface area (Å²) >= 11 is 1.52. The molecule has 4 fully saturated rings. The lowest BCUT2D eigenvalue weighted by atomic mass is 9.72. The molecule has 0 radical (unpaired) electrons. The van der Waals surface area contributed by atoms with E-state index in [1.807, 2.05) is 78.6 Å². The zero-order valence-electron chi connectivity index (χ0n) is 30.6. The standard InChI is InChI=1S/C42H49N5O5S/c1-26(43)10-15-32(27(2)46-24-42(25-46)17-20-51-21-18-42)36(48)23-34-38(44-34)28-11-13-29(14-12-28)40(49)47-19-16-30-22-37(45-41(50)52-31-6-5-7-31)53-39(30)33-8-3-4-9-35(33)47/h3-4,8-15,22,27,31,34,38,44H,5-7,16-21,23-25,43H2,1-2H3,(H,45,50)/b26-10-,32-15+. The van der Waals surface area contributed by atoms with Crippen LogP contribution in [0.25, 0.3) is 10.4 Å². The molecule has 4 aliphatic heterocycles. The van der Waals surface area contributed by atoms with Gasteiger partial charge < -0.3 is 25.4 Å². The number of rotatable bonds is 10. The molecule has 2 amide bonds. The third-order valence-corrected chi connectivity index (χ3v) is 12.9. The van der Waals surface area contributed by atoms with Crippen molar-refractivity contribution in [3.63, 3.8) is 0 Å². The van der Waals surface area contributed by atoms with Gasteiger partial charge in [-0.25, -0.2) is 4.79 Å². The van der Waals surface area contributed by atoms with Crippen molar-refractivity contribution in [2.24, 2.45) is 11.1 Å². The molecule has 53 heavy (non-hydrogen) atoms. The molecule has 3 aromatic rings. The van der Waals surface area contributed by atoms with Crippen LogP contribution in [0.3, 0.4) is 0 Å². The van der Waals surface area contributed by atoms with Crippen LogP contribution in [0.1, 0.15) is 79.9 Å². The van der Waals surface area contributed by atoms with Gasteiger partial charge in [-0.1, -0.05) is 36.4 Å². The van der Waals surface area contributed by atoms with E-state index in [1.54, 1.807) is 0 Å². The highest BCUT2D eigenvalue weighted by molar-refractivity contribution is 7.19. The lowest BCUT2D eigenvalue weighted by Crippen LogP contribution is -2.61. The van der Waals surface area contributed by atoms with Gasteiger partial charge in [0.1, 0.15) is 6.10 Å². The Balaban J connectivity index is 0.904. The number of fused-ring (bicyclic) bond motifs is 3. The first-order valence-corrected chi connectivity index (χ1v) is 19.8. The number of benzene rings is 2. The highest BCUT2D eigenvalue weighted by Gasteiger charge is 2.47. The number of ketones is 1. The number of carbonyl (C=O) groups is 3. The maximum atomic E-state index is 14.0. The highest BCUT2D eigenvalue weighted by atomic mass is 32.1. The second kappa shape index (κ2) is 14.9. The minimum Gasteiger partial charge on any atom is -0.446 e. The van der Waals surface area contributed by atoms with Gasteiger partial charge in [-0.15, -0.1) is 11.3 Å². The van der Waals surface area contributed by atoms with E-state index < -0.39 is 6.09 Å². The number of para-hydroxylation sites is 1. The number of allylic oxidation sites excluding steroid dienone is 3. The zero-order valence-corrected chi connectivity index (χ0v) is 31.4. The van der Waals surface area contributed by atoms with E-state index in [9.17, 15) is 14.4 Å². The molecular formula is C42H49N5O5S. The van der Waals surface area contributed by atoms with Crippen LogP contribution in [-0.4, -0.2) is 73.7 Å². The quantitative estimate of drug-likeness (QED) is 0.115. The summed E-state index contributed by atoms with van der Waals surface area (Å²) in [6.45, 7) is 8.14. The molecule has 8 rings (SSSR count). The Bertz CT molecular complexity index is 1930. The molecule has 5 aliphatic rings. The summed E-state index contributed by atoms with van der Waals surface area (Å²) < 4.78 is 11.1. The molecule has 1 saturated carbocycles. The number of likely N-dealkylation sites (tertiary alicyclic amines) is 1. The Labute approximate surface area is 315 Å². The smallest absolute Gasteiger partial charge is 0.412 e. The number of hydrogen-bond donors (Lipinski definition) is 3. The Hall–Kier alpha value is -4.29. The maximum absolute atomic E-state index is 14.0. The van der Waals surface area contributed by atoms with Crippen LogP contribution in [0.2, 0.25) is 0 Å². The maximum Gasteiger partial charge on any atom is 0.412 e. The average molecular weight is 736 g/mol. The normalized spacial score (nSPS) is 23.2. The van der Waals surface area contributed by atoms with Crippen molar-refractivity contribution in [2.45, 2.75) is 83.0 Å². The second-order valence-corrected chi connectivity index (χ2v) is 16.6. The molecule has 1 aliphatic carbocycles. The molecule has 0 bridgehead atoms. The molecule has 3 unspecified atom stereocenters. The lowest BCUT2D eigenvalue weighted by Gasteiger charge is -2.54. The number of anilines is 2. The topological polar surface area (TPSA) is 136 Å². The van der Waals surface area contributed by atoms with E-state index in [0.717, 1.165) is 96.2 Å². The van der Waals surface area contributed by atoms with E-state index in [4.69, 9.17) is 15.2 Å². The lowest BCUT2D eigenvalue weighted by molar-refractivity contribution is -0.118. The van der Waals surface area contributed by atoms with Gasteiger partial charge in [0.05, 0.1) is 10.7 Å². The largest absolute Gasteiger partial charge is 0.446 e. The highest BCUT2D eigenvalue weighted by Crippen LogP contribution is 2.44. The summed E-state index contributed by atoms with van der Waals surface area (Å²) in [5, 5.41) is 7.18. The first kappa shape index (κ1) is 35.7. The van der Waals surface area contributed by atoms with Gasteiger partial charge >= 0.3 is 6.09 Å². The Morgan fingerprint density at radius 3 is 2.57 bits per heavy atom. The van der Waals surface area contributed by atoms with E-state index in [1.165, 1.54) is 11.3 Å². The molecule has 278 valence electrons. The molecule has 1 aromatic heterocycles. The number of hydrogen-bond acceptors (Lipinski definition) is 9. The molecule has 1 spiro atoms. The Kier molecular flexibility index (Phi) is 10.0.